The lowest BCUT2D eigenvalue weighted by molar-refractivity contribution is -0.138. The molecule has 0 atom stereocenters. The van der Waals surface area contributed by atoms with Gasteiger partial charge in [0.15, 0.2) is 0 Å². The first-order valence-electron chi connectivity index (χ1n) is 4.21. The molecule has 0 rings (SSSR count). The van der Waals surface area contributed by atoms with E-state index in [1.165, 1.54) is 0 Å². The van der Waals surface area contributed by atoms with Crippen LogP contribution in [0.2, 0.25) is 0 Å². The monoisotopic (exact) mass is 192 g/mol. The summed E-state index contributed by atoms with van der Waals surface area (Å²) in [6, 6.07) is 0. The number of carboxylic acid groups (broad SMARTS) is 1. The molecule has 0 aliphatic heterocycles. The van der Waals surface area contributed by atoms with E-state index in [-0.39, 0.29) is 13.1 Å². The Hall–Kier alpha value is -0.680. The van der Waals surface area contributed by atoms with Crippen molar-refractivity contribution in [1.82, 2.24) is 9.80 Å². The van der Waals surface area contributed by atoms with Gasteiger partial charge in [-0.1, -0.05) is 0 Å². The highest BCUT2D eigenvalue weighted by atomic mass is 19.1. The molecule has 0 heterocycles. The van der Waals surface area contributed by atoms with E-state index in [2.05, 4.69) is 0 Å². The number of aliphatic carboxylic acids is 1. The molecule has 0 fully saturated rings. The summed E-state index contributed by atoms with van der Waals surface area (Å²) in [4.78, 5) is 13.9. The molecule has 1 N–H and O–H groups in total. The number of nitrogens with zero attached hydrogens (tertiary/aromatic N) is 2. The van der Waals surface area contributed by atoms with Crippen LogP contribution in [0.25, 0.3) is 0 Å². The lowest BCUT2D eigenvalue weighted by atomic mass is 10.4. The van der Waals surface area contributed by atoms with Gasteiger partial charge in [-0.3, -0.25) is 9.69 Å². The number of carbonyl (C=O) groups is 1. The Morgan fingerprint density at radius 3 is 2.31 bits per heavy atom. The maximum atomic E-state index is 12.0. The van der Waals surface area contributed by atoms with Crippen LogP contribution >= 0.6 is 0 Å². The summed E-state index contributed by atoms with van der Waals surface area (Å²) in [6.07, 6.45) is 0. The number of carboxylic acids is 1. The van der Waals surface area contributed by atoms with Crippen molar-refractivity contribution in [3.05, 3.63) is 0 Å². The molecule has 0 radical (unpaired) electrons. The molecule has 0 bridgehead atoms. The minimum absolute atomic E-state index is 0.0856. The molecule has 0 unspecified atom stereocenters. The first-order valence-corrected chi connectivity index (χ1v) is 4.21. The summed E-state index contributed by atoms with van der Waals surface area (Å²) < 4.78 is 12.0. The van der Waals surface area contributed by atoms with Gasteiger partial charge < -0.3 is 10.0 Å². The molecule has 13 heavy (non-hydrogen) atoms. The number of hydrogen-bond donors (Lipinski definition) is 1. The molecule has 0 aliphatic carbocycles. The van der Waals surface area contributed by atoms with E-state index >= 15 is 0 Å². The SMILES string of the molecule is CN(C)CCN(CCF)CC(=O)O. The molecule has 0 spiro atoms. The average Bonchev–Trinajstić information content (AvgIpc) is 1.99. The van der Waals surface area contributed by atoms with Crippen molar-refractivity contribution in [3.63, 3.8) is 0 Å². The standard InChI is InChI=1S/C8H17FN2O2/c1-10(2)5-6-11(4-3-9)7-8(12)13/h3-7H2,1-2H3,(H,12,13). The van der Waals surface area contributed by atoms with E-state index in [9.17, 15) is 9.18 Å². The van der Waals surface area contributed by atoms with Gasteiger partial charge in [0.05, 0.1) is 6.54 Å². The molecular weight excluding hydrogens is 175 g/mol. The normalized spacial score (nSPS) is 11.2. The van der Waals surface area contributed by atoms with Gasteiger partial charge in [0, 0.05) is 19.6 Å². The smallest absolute Gasteiger partial charge is 0.317 e. The zero-order valence-electron chi connectivity index (χ0n) is 8.16. The minimum Gasteiger partial charge on any atom is -0.480 e. The highest BCUT2D eigenvalue weighted by Crippen LogP contribution is 1.89. The molecule has 0 saturated heterocycles. The third-order valence-corrected chi connectivity index (χ3v) is 1.62. The molecule has 0 aromatic rings. The molecule has 0 amide bonds. The third-order valence-electron chi connectivity index (χ3n) is 1.62. The van der Waals surface area contributed by atoms with Gasteiger partial charge in [-0.25, -0.2) is 4.39 Å². The van der Waals surface area contributed by atoms with E-state index in [1.807, 2.05) is 19.0 Å². The lowest BCUT2D eigenvalue weighted by Gasteiger charge is -2.20. The Labute approximate surface area is 77.9 Å². The van der Waals surface area contributed by atoms with E-state index in [4.69, 9.17) is 5.11 Å². The minimum atomic E-state index is -0.910. The second kappa shape index (κ2) is 6.80. The fourth-order valence-corrected chi connectivity index (χ4v) is 0.922. The van der Waals surface area contributed by atoms with Crippen LogP contribution in [0, 0.1) is 0 Å². The summed E-state index contributed by atoms with van der Waals surface area (Å²) in [5, 5.41) is 8.50. The lowest BCUT2D eigenvalue weighted by Crippen LogP contribution is -2.36. The predicted octanol–water partition coefficient (Wildman–Crippen LogP) is -0.0959. The summed E-state index contributed by atoms with van der Waals surface area (Å²) in [5.74, 6) is -0.910. The van der Waals surface area contributed by atoms with Gasteiger partial charge in [-0.15, -0.1) is 0 Å². The fourth-order valence-electron chi connectivity index (χ4n) is 0.922. The van der Waals surface area contributed by atoms with E-state index in [0.29, 0.717) is 6.54 Å². The van der Waals surface area contributed by atoms with Crippen molar-refractivity contribution in [2.45, 2.75) is 0 Å². The first kappa shape index (κ1) is 12.3. The fraction of sp³-hybridized carbons (Fsp3) is 0.875. The Morgan fingerprint density at radius 1 is 1.31 bits per heavy atom. The Balaban J connectivity index is 3.72. The van der Waals surface area contributed by atoms with Crippen molar-refractivity contribution >= 4 is 5.97 Å². The van der Waals surface area contributed by atoms with Gasteiger partial charge in [-0.2, -0.15) is 0 Å². The number of halogens is 1. The molecule has 0 aliphatic rings. The highest BCUT2D eigenvalue weighted by molar-refractivity contribution is 5.69. The van der Waals surface area contributed by atoms with Crippen LogP contribution in [0.15, 0.2) is 0 Å². The average molecular weight is 192 g/mol. The van der Waals surface area contributed by atoms with Crippen molar-refractivity contribution in [2.75, 3.05) is 46.9 Å². The largest absolute Gasteiger partial charge is 0.480 e. The molecule has 4 nitrogen and oxygen atoms in total. The van der Waals surface area contributed by atoms with Crippen LogP contribution < -0.4 is 0 Å². The first-order chi connectivity index (χ1) is 6.06. The topological polar surface area (TPSA) is 43.8 Å². The summed E-state index contributed by atoms with van der Waals surface area (Å²) in [6.45, 7) is 0.940. The Bertz CT molecular complexity index is 153. The third kappa shape index (κ3) is 7.67. The second-order valence-electron chi connectivity index (χ2n) is 3.16. The number of likely N-dealkylation sites (N-methyl/N-ethyl adjacent to an activating group) is 1. The molecule has 0 aromatic carbocycles. The van der Waals surface area contributed by atoms with E-state index < -0.39 is 12.6 Å². The zero-order chi connectivity index (χ0) is 10.3. The van der Waals surface area contributed by atoms with Crippen molar-refractivity contribution in [3.8, 4) is 0 Å². The number of hydrogen-bond acceptors (Lipinski definition) is 3. The van der Waals surface area contributed by atoms with Crippen LogP contribution in [-0.2, 0) is 4.79 Å². The Morgan fingerprint density at radius 2 is 1.92 bits per heavy atom. The number of alkyl halides is 1. The van der Waals surface area contributed by atoms with Crippen LogP contribution in [-0.4, -0.2) is 67.8 Å². The van der Waals surface area contributed by atoms with E-state index in [0.717, 1.165) is 6.54 Å². The molecule has 0 aromatic heterocycles. The van der Waals surface area contributed by atoms with Crippen LogP contribution in [0.4, 0.5) is 4.39 Å². The maximum absolute atomic E-state index is 12.0. The van der Waals surface area contributed by atoms with E-state index in [1.54, 1.807) is 4.90 Å². The maximum Gasteiger partial charge on any atom is 0.317 e. The van der Waals surface area contributed by atoms with Gasteiger partial charge in [0.25, 0.3) is 0 Å². The van der Waals surface area contributed by atoms with Crippen molar-refractivity contribution in [2.24, 2.45) is 0 Å². The van der Waals surface area contributed by atoms with Gasteiger partial charge >= 0.3 is 5.97 Å². The van der Waals surface area contributed by atoms with Crippen LogP contribution in [0.3, 0.4) is 0 Å². The van der Waals surface area contributed by atoms with Crippen LogP contribution in [0.5, 0.6) is 0 Å². The highest BCUT2D eigenvalue weighted by Gasteiger charge is 2.08. The molecule has 78 valence electrons. The summed E-state index contributed by atoms with van der Waals surface area (Å²) in [7, 11) is 3.79. The van der Waals surface area contributed by atoms with Crippen LogP contribution in [0.1, 0.15) is 0 Å². The van der Waals surface area contributed by atoms with Crippen molar-refractivity contribution in [1.29, 1.82) is 0 Å². The van der Waals surface area contributed by atoms with Gasteiger partial charge in [0.1, 0.15) is 6.67 Å². The summed E-state index contributed by atoms with van der Waals surface area (Å²) >= 11 is 0. The van der Waals surface area contributed by atoms with Gasteiger partial charge in [-0.05, 0) is 14.1 Å². The molecular formula is C8H17FN2O2. The van der Waals surface area contributed by atoms with Crippen molar-refractivity contribution < 1.29 is 14.3 Å². The quantitative estimate of drug-likeness (QED) is 0.612. The summed E-state index contributed by atoms with van der Waals surface area (Å²) in [5.41, 5.74) is 0. The molecule has 0 saturated carbocycles. The van der Waals surface area contributed by atoms with Gasteiger partial charge in [0.2, 0.25) is 0 Å². The molecule has 5 heteroatoms. The second-order valence-corrected chi connectivity index (χ2v) is 3.16. The zero-order valence-corrected chi connectivity index (χ0v) is 8.16. The number of rotatable bonds is 7. The Kier molecular flexibility index (Phi) is 6.44. The predicted molar refractivity (Wildman–Crippen MR) is 48.6 cm³/mol.